The number of rotatable bonds is 3. The highest BCUT2D eigenvalue weighted by molar-refractivity contribution is 7.26. The molecule has 0 bridgehead atoms. The summed E-state index contributed by atoms with van der Waals surface area (Å²) >= 11 is 1.90. The Bertz CT molecular complexity index is 2010. The summed E-state index contributed by atoms with van der Waals surface area (Å²) in [5, 5.41) is 4.04. The normalized spacial score (nSPS) is 12.9. The number of nitrogens with zero attached hydrogens (tertiary/aromatic N) is 3. The number of aryl methyl sites for hydroxylation is 1. The lowest BCUT2D eigenvalue weighted by Gasteiger charge is -2.16. The smallest absolute Gasteiger partial charge is 0.159 e. The van der Waals surface area contributed by atoms with Crippen LogP contribution in [0.5, 0.6) is 0 Å². The van der Waals surface area contributed by atoms with E-state index >= 15 is 0 Å². The third-order valence-electron chi connectivity index (χ3n) is 7.54. The third kappa shape index (κ3) is 3.20. The predicted octanol–water partition coefficient (Wildman–Crippen LogP) is 9.08. The van der Waals surface area contributed by atoms with Gasteiger partial charge in [0, 0.05) is 42.4 Å². The van der Waals surface area contributed by atoms with E-state index < -0.39 is 0 Å². The van der Waals surface area contributed by atoms with Crippen molar-refractivity contribution in [2.24, 2.45) is 0 Å². The second-order valence-corrected chi connectivity index (χ2v) is 10.8. The summed E-state index contributed by atoms with van der Waals surface area (Å²) in [4.78, 5) is 10.1. The minimum Gasteiger partial charge on any atom is -0.306 e. The van der Waals surface area contributed by atoms with E-state index in [1.165, 1.54) is 42.3 Å². The fourth-order valence-electron chi connectivity index (χ4n) is 5.83. The first-order chi connectivity index (χ1) is 18.9. The van der Waals surface area contributed by atoms with Crippen LogP contribution in [0.1, 0.15) is 17.7 Å². The molecule has 0 spiro atoms. The number of fused-ring (bicyclic) bond motifs is 7. The molecule has 0 saturated carbocycles. The first-order valence-corrected chi connectivity index (χ1v) is 13.8. The van der Waals surface area contributed by atoms with E-state index in [2.05, 4.69) is 95.6 Å². The Kier molecular flexibility index (Phi) is 4.82. The Morgan fingerprint density at radius 1 is 0.737 bits per heavy atom. The van der Waals surface area contributed by atoms with Crippen molar-refractivity contribution in [3.63, 3.8) is 0 Å². The maximum atomic E-state index is 5.17. The highest BCUT2D eigenvalue weighted by atomic mass is 32.1. The van der Waals surface area contributed by atoms with Crippen LogP contribution in [0.15, 0.2) is 109 Å². The average molecular weight is 506 g/mol. The van der Waals surface area contributed by atoms with Gasteiger partial charge in [0.2, 0.25) is 0 Å². The summed E-state index contributed by atoms with van der Waals surface area (Å²) in [6.07, 6.45) is 8.68. The van der Waals surface area contributed by atoms with Gasteiger partial charge in [0.05, 0.1) is 23.1 Å². The Labute approximate surface area is 224 Å². The Morgan fingerprint density at radius 3 is 2.34 bits per heavy atom. The topological polar surface area (TPSA) is 30.7 Å². The van der Waals surface area contributed by atoms with Gasteiger partial charge in [0.25, 0.3) is 0 Å². The van der Waals surface area contributed by atoms with Gasteiger partial charge >= 0.3 is 0 Å². The summed E-state index contributed by atoms with van der Waals surface area (Å²) in [6.45, 7) is 0. The van der Waals surface area contributed by atoms with Gasteiger partial charge in [-0.1, -0.05) is 91.0 Å². The van der Waals surface area contributed by atoms with Crippen LogP contribution in [-0.2, 0) is 6.42 Å². The molecule has 7 aromatic rings. The molecule has 0 atom stereocenters. The number of aromatic nitrogens is 3. The van der Waals surface area contributed by atoms with E-state index in [9.17, 15) is 0 Å². The van der Waals surface area contributed by atoms with Gasteiger partial charge in [-0.3, -0.25) is 0 Å². The molecule has 0 fully saturated rings. The summed E-state index contributed by atoms with van der Waals surface area (Å²) < 4.78 is 5.10. The van der Waals surface area contributed by atoms with E-state index in [4.69, 9.17) is 9.97 Å². The van der Waals surface area contributed by atoms with Gasteiger partial charge < -0.3 is 4.57 Å². The van der Waals surface area contributed by atoms with Gasteiger partial charge in [-0.05, 0) is 36.6 Å². The molecular formula is C34H23N3S. The largest absolute Gasteiger partial charge is 0.306 e. The maximum Gasteiger partial charge on any atom is 0.159 e. The summed E-state index contributed by atoms with van der Waals surface area (Å²) in [7, 11) is 0. The van der Waals surface area contributed by atoms with Crippen molar-refractivity contribution in [1.29, 1.82) is 0 Å². The molecule has 0 radical (unpaired) electrons. The molecule has 0 unspecified atom stereocenters. The molecule has 1 aliphatic rings. The zero-order valence-corrected chi connectivity index (χ0v) is 21.5. The van der Waals surface area contributed by atoms with E-state index in [0.717, 1.165) is 41.2 Å². The molecule has 3 aromatic heterocycles. The molecule has 4 heteroatoms. The van der Waals surface area contributed by atoms with Crippen molar-refractivity contribution >= 4 is 48.5 Å². The quantitative estimate of drug-likeness (QED) is 0.240. The fourth-order valence-corrected chi connectivity index (χ4v) is 7.11. The Morgan fingerprint density at radius 2 is 1.50 bits per heavy atom. The minimum atomic E-state index is 0.737. The van der Waals surface area contributed by atoms with Crippen molar-refractivity contribution in [3.05, 3.63) is 121 Å². The molecule has 0 saturated heterocycles. The van der Waals surface area contributed by atoms with E-state index in [1.807, 2.05) is 35.7 Å². The number of thiophene rings is 1. The van der Waals surface area contributed by atoms with Crippen molar-refractivity contribution in [2.45, 2.75) is 12.8 Å². The summed E-state index contributed by atoms with van der Waals surface area (Å²) in [6, 6.07) is 34.0. The van der Waals surface area contributed by atoms with Gasteiger partial charge in [0.15, 0.2) is 5.82 Å². The highest BCUT2D eigenvalue weighted by Gasteiger charge is 2.24. The van der Waals surface area contributed by atoms with Crippen molar-refractivity contribution in [3.8, 4) is 28.3 Å². The molecular weight excluding hydrogens is 482 g/mol. The number of allylic oxidation sites excluding steroid dienone is 1. The number of benzene rings is 4. The Hall–Kier alpha value is -4.54. The zero-order valence-electron chi connectivity index (χ0n) is 20.6. The molecule has 0 N–H and O–H groups in total. The van der Waals surface area contributed by atoms with Crippen LogP contribution in [0.4, 0.5) is 0 Å². The highest BCUT2D eigenvalue weighted by Crippen LogP contribution is 2.44. The fraction of sp³-hybridized carbons (Fsp3) is 0.0588. The lowest BCUT2D eigenvalue weighted by atomic mass is 10.00. The van der Waals surface area contributed by atoms with Gasteiger partial charge in [-0.2, -0.15) is 0 Å². The van der Waals surface area contributed by atoms with Crippen molar-refractivity contribution in [2.75, 3.05) is 0 Å². The number of hydrogen-bond donors (Lipinski definition) is 0. The van der Waals surface area contributed by atoms with Crippen molar-refractivity contribution in [1.82, 2.24) is 14.5 Å². The predicted molar refractivity (Wildman–Crippen MR) is 160 cm³/mol. The monoisotopic (exact) mass is 505 g/mol. The second kappa shape index (κ2) is 8.51. The van der Waals surface area contributed by atoms with Crippen LogP contribution in [-0.4, -0.2) is 14.5 Å². The molecule has 4 aromatic carbocycles. The molecule has 8 rings (SSSR count). The van der Waals surface area contributed by atoms with Gasteiger partial charge in [-0.15, -0.1) is 11.3 Å². The van der Waals surface area contributed by atoms with Crippen LogP contribution in [0.3, 0.4) is 0 Å². The maximum absolute atomic E-state index is 5.17. The lowest BCUT2D eigenvalue weighted by molar-refractivity contribution is 0.961. The standard InChI is InChI=1S/C34H23N3S/c1-3-11-22(12-4-1)32-29(21-35-34(36-32)23-13-5-2-6-14-23)37-27-17-9-7-16-26(27)31-28(37)20-19-25-24-15-8-10-18-30(24)38-33(25)31/h1-6,8-15,17-21H,7,16H2. The Balaban J connectivity index is 1.47. The van der Waals surface area contributed by atoms with Crippen molar-refractivity contribution < 1.29 is 0 Å². The van der Waals surface area contributed by atoms with Crippen LogP contribution >= 0.6 is 11.3 Å². The number of hydrogen-bond acceptors (Lipinski definition) is 3. The van der Waals surface area contributed by atoms with E-state index in [1.54, 1.807) is 0 Å². The van der Waals surface area contributed by atoms with E-state index in [0.29, 0.717) is 0 Å². The molecule has 180 valence electrons. The van der Waals surface area contributed by atoms with Crippen LogP contribution < -0.4 is 0 Å². The van der Waals surface area contributed by atoms with Gasteiger partial charge in [-0.25, -0.2) is 9.97 Å². The molecule has 1 aliphatic carbocycles. The first-order valence-electron chi connectivity index (χ1n) is 13.0. The summed E-state index contributed by atoms with van der Waals surface area (Å²) in [5.41, 5.74) is 7.93. The second-order valence-electron chi connectivity index (χ2n) is 9.73. The molecule has 0 amide bonds. The third-order valence-corrected chi connectivity index (χ3v) is 8.75. The minimum absolute atomic E-state index is 0.737. The zero-order chi connectivity index (χ0) is 25.1. The van der Waals surface area contributed by atoms with Gasteiger partial charge in [0.1, 0.15) is 0 Å². The van der Waals surface area contributed by atoms with Crippen LogP contribution in [0.25, 0.3) is 65.5 Å². The molecule has 38 heavy (non-hydrogen) atoms. The van der Waals surface area contributed by atoms with Crippen LogP contribution in [0.2, 0.25) is 0 Å². The van der Waals surface area contributed by atoms with E-state index in [-0.39, 0.29) is 0 Å². The molecule has 3 nitrogen and oxygen atoms in total. The first kappa shape index (κ1) is 21.5. The average Bonchev–Trinajstić information content (AvgIpc) is 3.53. The SMILES string of the molecule is C1=Cc2c(c3c4sc5ccccc5c4ccc3n2-c2cnc(-c3ccccc3)nc2-c2ccccc2)CC1. The van der Waals surface area contributed by atoms with Crippen LogP contribution in [0, 0.1) is 0 Å². The molecule has 3 heterocycles. The molecule has 0 aliphatic heterocycles. The summed E-state index contributed by atoms with van der Waals surface area (Å²) in [5.74, 6) is 0.737. The lowest BCUT2D eigenvalue weighted by Crippen LogP contribution is -2.05.